The molecule has 1 aromatic carbocycles. The molecule has 3 rings (SSSR count). The Labute approximate surface area is 258 Å². The van der Waals surface area contributed by atoms with Crippen molar-refractivity contribution in [3.8, 4) is 0 Å². The molecule has 0 fully saturated rings. The van der Waals surface area contributed by atoms with E-state index in [-0.39, 0.29) is 60.8 Å². The third-order valence-corrected chi connectivity index (χ3v) is 7.06. The van der Waals surface area contributed by atoms with E-state index in [0.29, 0.717) is 31.6 Å². The molecule has 2 heterocycles. The fraction of sp³-hybridized carbons (Fsp3) is 0.483. The Morgan fingerprint density at radius 3 is 2.40 bits per heavy atom. The van der Waals surface area contributed by atoms with Gasteiger partial charge in [-0.15, -0.1) is 0 Å². The average Bonchev–Trinajstić information content (AvgIpc) is 2.99. The molecule has 2 amide bonds. The number of esters is 1. The predicted molar refractivity (Wildman–Crippen MR) is 164 cm³/mol. The maximum absolute atomic E-state index is 13.5. The van der Waals surface area contributed by atoms with Gasteiger partial charge in [0.15, 0.2) is 11.5 Å². The summed E-state index contributed by atoms with van der Waals surface area (Å²) in [5.74, 6) is -3.58. The van der Waals surface area contributed by atoms with Crippen LogP contribution < -0.4 is 32.1 Å². The normalized spacial score (nSPS) is 14.4. The minimum atomic E-state index is -1.35. The van der Waals surface area contributed by atoms with Crippen molar-refractivity contribution in [1.29, 1.82) is 0 Å². The Bertz CT molecular complexity index is 1430. The van der Waals surface area contributed by atoms with Crippen LogP contribution >= 0.6 is 0 Å². The van der Waals surface area contributed by atoms with Gasteiger partial charge < -0.3 is 36.6 Å². The molecule has 0 radical (unpaired) electrons. The number of aromatic amines is 1. The Morgan fingerprint density at radius 1 is 1.07 bits per heavy atom. The van der Waals surface area contributed by atoms with Crippen LogP contribution in [0.1, 0.15) is 68.6 Å². The SMILES string of the molecule is CCOC(=O)CCCCCCC(=O)N1c2c(nc(N)[nH]c2=O)NCC1CNc1ccc(C(=O)NC(CCC(=O)O)C(=O)O)cc1. The van der Waals surface area contributed by atoms with E-state index < -0.39 is 41.9 Å². The minimum Gasteiger partial charge on any atom is -0.481 e. The largest absolute Gasteiger partial charge is 0.481 e. The highest BCUT2D eigenvalue weighted by atomic mass is 16.5. The van der Waals surface area contributed by atoms with Gasteiger partial charge in [-0.2, -0.15) is 4.98 Å². The number of hydrogen-bond acceptors (Lipinski definition) is 11. The van der Waals surface area contributed by atoms with E-state index in [0.717, 1.165) is 12.8 Å². The number of fused-ring (bicyclic) bond motifs is 1. The number of hydrogen-bond donors (Lipinski definition) is 7. The van der Waals surface area contributed by atoms with Gasteiger partial charge in [-0.05, 0) is 50.5 Å². The summed E-state index contributed by atoms with van der Waals surface area (Å²) in [6, 6.07) is 4.31. The molecule has 0 saturated heterocycles. The molecular formula is C29H39N7O9. The molecule has 8 N–H and O–H groups in total. The summed E-state index contributed by atoms with van der Waals surface area (Å²) in [6.45, 7) is 2.59. The molecule has 1 aliphatic heterocycles. The Hall–Kier alpha value is -5.15. The van der Waals surface area contributed by atoms with Crippen LogP contribution in [-0.4, -0.2) is 81.7 Å². The second-order valence-corrected chi connectivity index (χ2v) is 10.4. The smallest absolute Gasteiger partial charge is 0.326 e. The number of nitrogens with two attached hydrogens (primary N) is 1. The molecule has 2 unspecified atom stereocenters. The number of anilines is 4. The Kier molecular flexibility index (Phi) is 12.7. The van der Waals surface area contributed by atoms with E-state index in [9.17, 15) is 33.9 Å². The van der Waals surface area contributed by atoms with E-state index in [2.05, 4.69) is 25.9 Å². The first-order chi connectivity index (χ1) is 21.5. The van der Waals surface area contributed by atoms with Crippen LogP contribution in [0.15, 0.2) is 29.1 Å². The summed E-state index contributed by atoms with van der Waals surface area (Å²) >= 11 is 0. The molecule has 16 nitrogen and oxygen atoms in total. The van der Waals surface area contributed by atoms with E-state index >= 15 is 0 Å². The standard InChI is InChI=1S/C29H39N7O9/c1-2-45-23(40)8-6-4-3-5-7-21(37)36-19(16-32-25-24(36)27(42)35-29(30)34-25)15-31-18-11-9-17(10-12-18)26(41)33-20(28(43)44)13-14-22(38)39/h9-12,19-20,31H,2-8,13-16H2,1H3,(H,33,41)(H,38,39)(H,43,44)(H4,30,32,34,35,42). The first-order valence-electron chi connectivity index (χ1n) is 14.7. The van der Waals surface area contributed by atoms with Gasteiger partial charge in [0.1, 0.15) is 6.04 Å². The van der Waals surface area contributed by atoms with Crippen molar-refractivity contribution in [2.24, 2.45) is 0 Å². The first-order valence-corrected chi connectivity index (χ1v) is 14.7. The van der Waals surface area contributed by atoms with Crippen LogP contribution in [0, 0.1) is 0 Å². The van der Waals surface area contributed by atoms with Crippen LogP contribution in [0.5, 0.6) is 0 Å². The van der Waals surface area contributed by atoms with Crippen LogP contribution in [-0.2, 0) is 23.9 Å². The number of ether oxygens (including phenoxy) is 1. The number of aromatic nitrogens is 2. The number of aliphatic carboxylic acids is 2. The zero-order valence-corrected chi connectivity index (χ0v) is 25.0. The second-order valence-electron chi connectivity index (χ2n) is 10.4. The van der Waals surface area contributed by atoms with Gasteiger partial charge in [0.05, 0.1) is 12.6 Å². The number of amides is 2. The van der Waals surface area contributed by atoms with Gasteiger partial charge in [0, 0.05) is 43.6 Å². The number of rotatable bonds is 17. The van der Waals surface area contributed by atoms with Crippen LogP contribution in [0.4, 0.5) is 23.1 Å². The number of nitrogens with zero attached hydrogens (tertiary/aromatic N) is 2. The molecule has 2 aromatic rings. The van der Waals surface area contributed by atoms with Gasteiger partial charge in [0.25, 0.3) is 11.5 Å². The lowest BCUT2D eigenvalue weighted by atomic mass is 10.1. The average molecular weight is 630 g/mol. The number of carbonyl (C=O) groups excluding carboxylic acids is 3. The van der Waals surface area contributed by atoms with Crippen LogP contribution in [0.3, 0.4) is 0 Å². The van der Waals surface area contributed by atoms with Crippen molar-refractivity contribution in [1.82, 2.24) is 15.3 Å². The number of carboxylic acid groups (broad SMARTS) is 2. The highest BCUT2D eigenvalue weighted by Gasteiger charge is 2.34. The number of carboxylic acids is 2. The predicted octanol–water partition coefficient (Wildman–Crippen LogP) is 1.54. The van der Waals surface area contributed by atoms with Crippen molar-refractivity contribution in [2.45, 2.75) is 70.4 Å². The first kappa shape index (κ1) is 34.3. The molecule has 244 valence electrons. The zero-order valence-electron chi connectivity index (χ0n) is 25.0. The lowest BCUT2D eigenvalue weighted by molar-refractivity contribution is -0.143. The van der Waals surface area contributed by atoms with Crippen molar-refractivity contribution < 1.29 is 38.9 Å². The third-order valence-electron chi connectivity index (χ3n) is 7.06. The molecule has 0 aliphatic carbocycles. The Balaban J connectivity index is 1.63. The summed E-state index contributed by atoms with van der Waals surface area (Å²) in [6.07, 6.45) is 2.51. The zero-order chi connectivity index (χ0) is 32.9. The van der Waals surface area contributed by atoms with Crippen molar-refractivity contribution in [2.75, 3.05) is 41.0 Å². The number of nitrogens with one attached hydrogen (secondary N) is 4. The number of carbonyl (C=O) groups is 5. The summed E-state index contributed by atoms with van der Waals surface area (Å²) in [5.41, 5.74) is 5.98. The lowest BCUT2D eigenvalue weighted by Crippen LogP contribution is -2.53. The van der Waals surface area contributed by atoms with Gasteiger partial charge in [-0.1, -0.05) is 12.8 Å². The molecule has 45 heavy (non-hydrogen) atoms. The third kappa shape index (κ3) is 10.2. The topological polar surface area (TPSA) is 246 Å². The summed E-state index contributed by atoms with van der Waals surface area (Å²) in [7, 11) is 0. The van der Waals surface area contributed by atoms with E-state index in [1.165, 1.54) is 17.0 Å². The molecule has 1 aromatic heterocycles. The maximum atomic E-state index is 13.5. The molecule has 16 heteroatoms. The van der Waals surface area contributed by atoms with E-state index in [1.54, 1.807) is 19.1 Å². The second kappa shape index (κ2) is 16.6. The van der Waals surface area contributed by atoms with Gasteiger partial charge in [0.2, 0.25) is 11.9 Å². The molecule has 0 saturated carbocycles. The fourth-order valence-electron chi connectivity index (χ4n) is 4.81. The highest BCUT2D eigenvalue weighted by Crippen LogP contribution is 2.28. The molecular weight excluding hydrogens is 590 g/mol. The van der Waals surface area contributed by atoms with E-state index in [1.807, 2.05) is 0 Å². The minimum absolute atomic E-state index is 0.0671. The van der Waals surface area contributed by atoms with Gasteiger partial charge >= 0.3 is 17.9 Å². The quantitative estimate of drug-likeness (QED) is 0.0970. The maximum Gasteiger partial charge on any atom is 0.326 e. The molecule has 1 aliphatic rings. The van der Waals surface area contributed by atoms with E-state index in [4.69, 9.17) is 15.6 Å². The van der Waals surface area contributed by atoms with Gasteiger partial charge in [-0.3, -0.25) is 33.9 Å². The summed E-state index contributed by atoms with van der Waals surface area (Å²) in [4.78, 5) is 80.6. The summed E-state index contributed by atoms with van der Waals surface area (Å²) < 4.78 is 4.93. The van der Waals surface area contributed by atoms with Crippen LogP contribution in [0.25, 0.3) is 0 Å². The fourth-order valence-corrected chi connectivity index (χ4v) is 4.81. The van der Waals surface area contributed by atoms with Crippen molar-refractivity contribution in [3.63, 3.8) is 0 Å². The number of unbranched alkanes of at least 4 members (excludes halogenated alkanes) is 3. The van der Waals surface area contributed by atoms with Gasteiger partial charge in [-0.25, -0.2) is 4.79 Å². The summed E-state index contributed by atoms with van der Waals surface area (Å²) in [5, 5.41) is 26.7. The Morgan fingerprint density at radius 2 is 1.76 bits per heavy atom. The number of benzene rings is 1. The van der Waals surface area contributed by atoms with Crippen molar-refractivity contribution in [3.05, 3.63) is 40.2 Å². The number of nitrogen functional groups attached to an aromatic ring is 1. The van der Waals surface area contributed by atoms with Crippen molar-refractivity contribution >= 4 is 52.9 Å². The molecule has 2 atom stereocenters. The molecule has 0 spiro atoms. The highest BCUT2D eigenvalue weighted by molar-refractivity contribution is 5.98. The molecule has 0 bridgehead atoms. The van der Waals surface area contributed by atoms with Crippen LogP contribution in [0.2, 0.25) is 0 Å². The number of H-pyrrole nitrogens is 1. The lowest BCUT2D eigenvalue weighted by Gasteiger charge is -2.36. The monoisotopic (exact) mass is 629 g/mol.